The second-order valence-electron chi connectivity index (χ2n) is 6.16. The molecule has 4 nitrogen and oxygen atoms in total. The van der Waals surface area contributed by atoms with Crippen LogP contribution in [0.2, 0.25) is 0 Å². The molecule has 0 radical (unpaired) electrons. The highest BCUT2D eigenvalue weighted by atomic mass is 16.5. The van der Waals surface area contributed by atoms with Gasteiger partial charge in [0, 0.05) is 18.4 Å². The quantitative estimate of drug-likeness (QED) is 0.456. The molecule has 1 aliphatic heterocycles. The lowest BCUT2D eigenvalue weighted by Gasteiger charge is -2.27. The SMILES string of the molecule is C#CCCCC[C@@H](C)C(=O)N1C(=O)C=C(OC)[C@H]1CCCCC. The molecule has 0 unspecified atom stereocenters. The maximum absolute atomic E-state index is 12.7. The van der Waals surface area contributed by atoms with Crippen molar-refractivity contribution in [1.82, 2.24) is 4.90 Å². The van der Waals surface area contributed by atoms with Gasteiger partial charge in [0.05, 0.1) is 13.2 Å². The van der Waals surface area contributed by atoms with Crippen LogP contribution in [0.1, 0.15) is 65.2 Å². The molecule has 2 atom stereocenters. The van der Waals surface area contributed by atoms with Crippen molar-refractivity contribution in [2.24, 2.45) is 5.92 Å². The minimum atomic E-state index is -0.246. The Morgan fingerprint density at radius 2 is 2.13 bits per heavy atom. The highest BCUT2D eigenvalue weighted by molar-refractivity contribution is 6.04. The van der Waals surface area contributed by atoms with Crippen molar-refractivity contribution in [3.05, 3.63) is 11.8 Å². The molecular weight excluding hydrogens is 290 g/mol. The number of unbranched alkanes of at least 4 members (excludes halogenated alkanes) is 4. The molecule has 0 fully saturated rings. The maximum atomic E-state index is 12.7. The van der Waals surface area contributed by atoms with Gasteiger partial charge < -0.3 is 4.74 Å². The van der Waals surface area contributed by atoms with E-state index in [1.807, 2.05) is 6.92 Å². The van der Waals surface area contributed by atoms with E-state index in [0.29, 0.717) is 5.76 Å². The van der Waals surface area contributed by atoms with Crippen molar-refractivity contribution >= 4 is 11.8 Å². The Balaban J connectivity index is 2.67. The van der Waals surface area contributed by atoms with Gasteiger partial charge in [-0.2, -0.15) is 0 Å². The molecule has 0 aromatic rings. The van der Waals surface area contributed by atoms with Crippen LogP contribution >= 0.6 is 0 Å². The first kappa shape index (κ1) is 19.3. The Labute approximate surface area is 140 Å². The van der Waals surface area contributed by atoms with Crippen LogP contribution in [-0.2, 0) is 14.3 Å². The second-order valence-corrected chi connectivity index (χ2v) is 6.16. The van der Waals surface area contributed by atoms with Crippen LogP contribution in [0.25, 0.3) is 0 Å². The molecule has 2 amide bonds. The predicted molar refractivity (Wildman–Crippen MR) is 91.3 cm³/mol. The average Bonchev–Trinajstić information content (AvgIpc) is 2.86. The molecule has 0 spiro atoms. The number of rotatable bonds is 10. The number of imide groups is 1. The van der Waals surface area contributed by atoms with Gasteiger partial charge in [0.1, 0.15) is 5.76 Å². The zero-order chi connectivity index (χ0) is 17.2. The van der Waals surface area contributed by atoms with Gasteiger partial charge in [-0.15, -0.1) is 12.3 Å². The summed E-state index contributed by atoms with van der Waals surface area (Å²) < 4.78 is 5.32. The molecule has 128 valence electrons. The summed E-state index contributed by atoms with van der Waals surface area (Å²) in [4.78, 5) is 26.3. The molecule has 1 heterocycles. The molecule has 0 aromatic heterocycles. The van der Waals surface area contributed by atoms with Crippen molar-refractivity contribution in [2.45, 2.75) is 71.3 Å². The normalized spacial score (nSPS) is 18.5. The van der Waals surface area contributed by atoms with Crippen LogP contribution in [-0.4, -0.2) is 29.9 Å². The molecule has 0 saturated heterocycles. The van der Waals surface area contributed by atoms with Crippen LogP contribution < -0.4 is 0 Å². The van der Waals surface area contributed by atoms with E-state index in [-0.39, 0.29) is 23.8 Å². The smallest absolute Gasteiger partial charge is 0.257 e. The lowest BCUT2D eigenvalue weighted by atomic mass is 10.00. The molecule has 1 rings (SSSR count). The molecule has 0 aliphatic carbocycles. The number of terminal acetylenes is 1. The van der Waals surface area contributed by atoms with Crippen LogP contribution in [0.5, 0.6) is 0 Å². The summed E-state index contributed by atoms with van der Waals surface area (Å²) >= 11 is 0. The number of methoxy groups -OCH3 is 1. The summed E-state index contributed by atoms with van der Waals surface area (Å²) in [7, 11) is 1.56. The molecule has 4 heteroatoms. The van der Waals surface area contributed by atoms with Gasteiger partial charge in [0.15, 0.2) is 0 Å². The monoisotopic (exact) mass is 319 g/mol. The first-order chi connectivity index (χ1) is 11.1. The average molecular weight is 319 g/mol. The van der Waals surface area contributed by atoms with E-state index in [1.54, 1.807) is 7.11 Å². The lowest BCUT2D eigenvalue weighted by molar-refractivity contribution is -0.146. The van der Waals surface area contributed by atoms with Crippen LogP contribution in [0.3, 0.4) is 0 Å². The lowest BCUT2D eigenvalue weighted by Crippen LogP contribution is -2.43. The minimum absolute atomic E-state index is 0.0968. The van der Waals surface area contributed by atoms with E-state index in [9.17, 15) is 9.59 Å². The number of carbonyl (C=O) groups is 2. The fourth-order valence-corrected chi connectivity index (χ4v) is 2.92. The van der Waals surface area contributed by atoms with Gasteiger partial charge in [-0.1, -0.05) is 39.5 Å². The standard InChI is InChI=1S/C19H29NO3/c1-5-7-9-11-12-15(3)19(22)20-16(13-10-8-6-2)17(23-4)14-18(20)21/h1,14-16H,6-13H2,2-4H3/t15-,16-/m1/s1. The summed E-state index contributed by atoms with van der Waals surface area (Å²) in [5, 5.41) is 0. The topological polar surface area (TPSA) is 46.6 Å². The van der Waals surface area contributed by atoms with Gasteiger partial charge in [-0.05, 0) is 19.3 Å². The molecule has 0 saturated carbocycles. The first-order valence-corrected chi connectivity index (χ1v) is 8.62. The predicted octanol–water partition coefficient (Wildman–Crippen LogP) is 3.66. The van der Waals surface area contributed by atoms with Crippen molar-refractivity contribution in [3.8, 4) is 12.3 Å². The number of amides is 2. The molecule has 23 heavy (non-hydrogen) atoms. The number of ether oxygens (including phenoxy) is 1. The third-order valence-corrected chi connectivity index (χ3v) is 4.33. The van der Waals surface area contributed by atoms with Crippen molar-refractivity contribution in [2.75, 3.05) is 7.11 Å². The van der Waals surface area contributed by atoms with Crippen molar-refractivity contribution in [1.29, 1.82) is 0 Å². The largest absolute Gasteiger partial charge is 0.499 e. The number of hydrogen-bond donors (Lipinski definition) is 0. The van der Waals surface area contributed by atoms with Gasteiger partial charge in [0.2, 0.25) is 5.91 Å². The Kier molecular flexibility index (Phi) is 8.47. The summed E-state index contributed by atoms with van der Waals surface area (Å²) in [5.41, 5.74) is 0. The summed E-state index contributed by atoms with van der Waals surface area (Å²) in [6.07, 6.45) is 14.0. The maximum Gasteiger partial charge on any atom is 0.257 e. The number of hydrogen-bond acceptors (Lipinski definition) is 3. The van der Waals surface area contributed by atoms with E-state index in [0.717, 1.165) is 51.4 Å². The fourth-order valence-electron chi connectivity index (χ4n) is 2.92. The fraction of sp³-hybridized carbons (Fsp3) is 0.684. The van der Waals surface area contributed by atoms with Crippen LogP contribution in [0.15, 0.2) is 11.8 Å². The van der Waals surface area contributed by atoms with E-state index in [4.69, 9.17) is 11.2 Å². The van der Waals surface area contributed by atoms with Gasteiger partial charge in [0.25, 0.3) is 5.91 Å². The molecule has 1 aliphatic rings. The van der Waals surface area contributed by atoms with Crippen LogP contribution in [0.4, 0.5) is 0 Å². The van der Waals surface area contributed by atoms with Crippen molar-refractivity contribution in [3.63, 3.8) is 0 Å². The zero-order valence-corrected chi connectivity index (χ0v) is 14.6. The Hall–Kier alpha value is -1.76. The highest BCUT2D eigenvalue weighted by Gasteiger charge is 2.39. The van der Waals surface area contributed by atoms with Crippen molar-refractivity contribution < 1.29 is 14.3 Å². The third kappa shape index (κ3) is 5.42. The summed E-state index contributed by atoms with van der Waals surface area (Å²) in [6, 6.07) is -0.236. The van der Waals surface area contributed by atoms with E-state index < -0.39 is 0 Å². The third-order valence-electron chi connectivity index (χ3n) is 4.33. The van der Waals surface area contributed by atoms with E-state index in [1.165, 1.54) is 11.0 Å². The van der Waals surface area contributed by atoms with Gasteiger partial charge >= 0.3 is 0 Å². The summed E-state index contributed by atoms with van der Waals surface area (Å²) in [6.45, 7) is 4.02. The van der Waals surface area contributed by atoms with Gasteiger partial charge in [-0.3, -0.25) is 14.5 Å². The number of nitrogens with zero attached hydrogens (tertiary/aromatic N) is 1. The van der Waals surface area contributed by atoms with E-state index in [2.05, 4.69) is 12.8 Å². The van der Waals surface area contributed by atoms with E-state index >= 15 is 0 Å². The first-order valence-electron chi connectivity index (χ1n) is 8.62. The second kappa shape index (κ2) is 10.1. The summed E-state index contributed by atoms with van der Waals surface area (Å²) in [5.74, 6) is 2.70. The highest BCUT2D eigenvalue weighted by Crippen LogP contribution is 2.27. The Morgan fingerprint density at radius 1 is 1.39 bits per heavy atom. The molecule has 0 bridgehead atoms. The minimum Gasteiger partial charge on any atom is -0.499 e. The Morgan fingerprint density at radius 3 is 2.74 bits per heavy atom. The molecule has 0 N–H and O–H groups in total. The van der Waals surface area contributed by atoms with Crippen LogP contribution in [0, 0.1) is 18.3 Å². The molecular formula is C19H29NO3. The zero-order valence-electron chi connectivity index (χ0n) is 14.6. The molecule has 0 aromatic carbocycles. The Bertz CT molecular complexity index is 475. The van der Waals surface area contributed by atoms with Gasteiger partial charge in [-0.25, -0.2) is 0 Å². The number of carbonyl (C=O) groups excluding carboxylic acids is 2.